The molecule has 5 nitrogen and oxygen atoms in total. The normalized spacial score (nSPS) is 11.3. The largest absolute Gasteiger partial charge is 0.367 e. The van der Waals surface area contributed by atoms with Crippen molar-refractivity contribution in [2.45, 2.75) is 20.4 Å². The summed E-state index contributed by atoms with van der Waals surface area (Å²) in [5.41, 5.74) is 4.07. The Hall–Kier alpha value is -2.99. The minimum Gasteiger partial charge on any atom is -0.244 e. The van der Waals surface area contributed by atoms with Crippen molar-refractivity contribution in [1.29, 1.82) is 0 Å². The summed E-state index contributed by atoms with van der Waals surface area (Å²) in [5, 5.41) is 8.91. The molecule has 0 radical (unpaired) electrons. The number of benzene rings is 2. The molecule has 0 atom stereocenters. The van der Waals surface area contributed by atoms with Crippen LogP contribution in [0.2, 0.25) is 5.02 Å². The van der Waals surface area contributed by atoms with E-state index in [0.29, 0.717) is 11.3 Å². The van der Waals surface area contributed by atoms with Crippen LogP contribution in [0.5, 0.6) is 0 Å². The standard InChI is InChI=1S/C20H16ClFN4O/c1-12-6-7-14(10-13(12)2)18-8-9-19-24-25(20(27)26(19)23-18)11-15-16(21)4-3-5-17(15)22/h3-10H,11H2,1-2H3. The van der Waals surface area contributed by atoms with Gasteiger partial charge >= 0.3 is 5.69 Å². The van der Waals surface area contributed by atoms with Gasteiger partial charge in [0.2, 0.25) is 0 Å². The monoisotopic (exact) mass is 382 g/mol. The Morgan fingerprint density at radius 3 is 2.59 bits per heavy atom. The minimum atomic E-state index is -0.477. The molecule has 2 heterocycles. The Bertz CT molecular complexity index is 1210. The first kappa shape index (κ1) is 17.4. The summed E-state index contributed by atoms with van der Waals surface area (Å²) >= 11 is 6.06. The van der Waals surface area contributed by atoms with Gasteiger partial charge in [0.1, 0.15) is 5.82 Å². The van der Waals surface area contributed by atoms with Crippen LogP contribution in [-0.2, 0) is 6.54 Å². The molecule has 0 spiro atoms. The van der Waals surface area contributed by atoms with E-state index in [1.54, 1.807) is 12.1 Å². The lowest BCUT2D eigenvalue weighted by Gasteiger charge is -2.04. The molecule has 2 aromatic heterocycles. The fourth-order valence-electron chi connectivity index (χ4n) is 2.90. The number of hydrogen-bond acceptors (Lipinski definition) is 3. The summed E-state index contributed by atoms with van der Waals surface area (Å²) in [5.74, 6) is -0.477. The maximum Gasteiger partial charge on any atom is 0.367 e. The Labute approximate surface area is 159 Å². The van der Waals surface area contributed by atoms with Crippen LogP contribution in [0.1, 0.15) is 16.7 Å². The molecule has 4 aromatic rings. The van der Waals surface area contributed by atoms with Crippen LogP contribution >= 0.6 is 11.6 Å². The number of rotatable bonds is 3. The van der Waals surface area contributed by atoms with E-state index >= 15 is 0 Å². The van der Waals surface area contributed by atoms with Crippen molar-refractivity contribution in [3.05, 3.63) is 86.5 Å². The fraction of sp³-hybridized carbons (Fsp3) is 0.150. The molecule has 0 aliphatic rings. The van der Waals surface area contributed by atoms with E-state index in [2.05, 4.69) is 10.2 Å². The zero-order chi connectivity index (χ0) is 19.1. The van der Waals surface area contributed by atoms with Crippen LogP contribution in [-0.4, -0.2) is 19.4 Å². The highest BCUT2D eigenvalue weighted by atomic mass is 35.5. The zero-order valence-electron chi connectivity index (χ0n) is 14.8. The molecule has 0 amide bonds. The summed E-state index contributed by atoms with van der Waals surface area (Å²) in [6.07, 6.45) is 0. The van der Waals surface area contributed by atoms with Gasteiger partial charge in [-0.1, -0.05) is 29.8 Å². The second kappa shape index (κ2) is 6.63. The van der Waals surface area contributed by atoms with Gasteiger partial charge in [0.15, 0.2) is 5.65 Å². The van der Waals surface area contributed by atoms with Crippen LogP contribution < -0.4 is 5.69 Å². The number of halogens is 2. The van der Waals surface area contributed by atoms with E-state index in [-0.39, 0.29) is 17.1 Å². The first-order chi connectivity index (χ1) is 12.9. The van der Waals surface area contributed by atoms with E-state index in [1.807, 2.05) is 38.1 Å². The Morgan fingerprint density at radius 2 is 1.85 bits per heavy atom. The van der Waals surface area contributed by atoms with Crippen molar-refractivity contribution in [3.8, 4) is 11.3 Å². The van der Waals surface area contributed by atoms with Crippen LogP contribution in [0.25, 0.3) is 16.9 Å². The zero-order valence-corrected chi connectivity index (χ0v) is 15.5. The lowest BCUT2D eigenvalue weighted by molar-refractivity contribution is 0.576. The predicted octanol–water partition coefficient (Wildman–Crippen LogP) is 4.02. The minimum absolute atomic E-state index is 0.0628. The molecule has 2 aromatic carbocycles. The molecular formula is C20H16ClFN4O. The fourth-order valence-corrected chi connectivity index (χ4v) is 3.12. The highest BCUT2D eigenvalue weighted by Gasteiger charge is 2.14. The molecule has 136 valence electrons. The molecule has 0 N–H and O–H groups in total. The summed E-state index contributed by atoms with van der Waals surface area (Å²) in [6.45, 7) is 4.00. The molecule has 4 rings (SSSR count). The molecule has 0 fully saturated rings. The average molecular weight is 383 g/mol. The topological polar surface area (TPSA) is 52.2 Å². The maximum absolute atomic E-state index is 14.0. The van der Waals surface area contributed by atoms with Crippen LogP contribution in [0.4, 0.5) is 4.39 Å². The molecule has 0 saturated heterocycles. The van der Waals surface area contributed by atoms with Crippen molar-refractivity contribution >= 4 is 17.2 Å². The van der Waals surface area contributed by atoms with E-state index in [0.717, 1.165) is 15.8 Å². The number of hydrogen-bond donors (Lipinski definition) is 0. The van der Waals surface area contributed by atoms with E-state index in [9.17, 15) is 9.18 Å². The van der Waals surface area contributed by atoms with Crippen molar-refractivity contribution in [2.75, 3.05) is 0 Å². The number of aryl methyl sites for hydroxylation is 2. The quantitative estimate of drug-likeness (QED) is 0.538. The molecule has 0 saturated carbocycles. The van der Waals surface area contributed by atoms with Crippen molar-refractivity contribution in [2.24, 2.45) is 0 Å². The lowest BCUT2D eigenvalue weighted by Crippen LogP contribution is -2.23. The van der Waals surface area contributed by atoms with Crippen molar-refractivity contribution in [1.82, 2.24) is 19.4 Å². The third-order valence-electron chi connectivity index (χ3n) is 4.61. The average Bonchev–Trinajstić information content (AvgIpc) is 2.96. The van der Waals surface area contributed by atoms with Crippen LogP contribution in [0.15, 0.2) is 53.3 Å². The smallest absolute Gasteiger partial charge is 0.244 e. The Balaban J connectivity index is 1.78. The van der Waals surface area contributed by atoms with Crippen LogP contribution in [0, 0.1) is 19.7 Å². The van der Waals surface area contributed by atoms with Crippen LogP contribution in [0.3, 0.4) is 0 Å². The molecule has 0 bridgehead atoms. The van der Waals surface area contributed by atoms with Gasteiger partial charge in [0.25, 0.3) is 0 Å². The van der Waals surface area contributed by atoms with Gasteiger partial charge in [-0.05, 0) is 55.3 Å². The Morgan fingerprint density at radius 1 is 1.04 bits per heavy atom. The first-order valence-corrected chi connectivity index (χ1v) is 8.79. The summed E-state index contributed by atoms with van der Waals surface area (Å²) in [4.78, 5) is 12.7. The van der Waals surface area contributed by atoms with Crippen molar-refractivity contribution < 1.29 is 4.39 Å². The van der Waals surface area contributed by atoms with E-state index in [1.165, 1.54) is 22.2 Å². The van der Waals surface area contributed by atoms with E-state index < -0.39 is 11.5 Å². The molecular weight excluding hydrogens is 367 g/mol. The van der Waals surface area contributed by atoms with Crippen molar-refractivity contribution in [3.63, 3.8) is 0 Å². The second-order valence-electron chi connectivity index (χ2n) is 6.43. The molecule has 0 aliphatic heterocycles. The highest BCUT2D eigenvalue weighted by molar-refractivity contribution is 6.31. The number of aromatic nitrogens is 4. The SMILES string of the molecule is Cc1ccc(-c2ccc3nn(Cc4c(F)cccc4Cl)c(=O)n3n2)cc1C. The maximum atomic E-state index is 14.0. The first-order valence-electron chi connectivity index (χ1n) is 8.41. The third-order valence-corrected chi connectivity index (χ3v) is 4.97. The summed E-state index contributed by atoms with van der Waals surface area (Å²) in [7, 11) is 0. The number of nitrogens with zero attached hydrogens (tertiary/aromatic N) is 4. The lowest BCUT2D eigenvalue weighted by atomic mass is 10.0. The third kappa shape index (κ3) is 3.13. The van der Waals surface area contributed by atoms with Gasteiger partial charge in [-0.25, -0.2) is 13.9 Å². The van der Waals surface area contributed by atoms with Gasteiger partial charge in [0, 0.05) is 16.1 Å². The number of fused-ring (bicyclic) bond motifs is 1. The second-order valence-corrected chi connectivity index (χ2v) is 6.84. The molecule has 0 unspecified atom stereocenters. The highest BCUT2D eigenvalue weighted by Crippen LogP contribution is 2.21. The molecule has 27 heavy (non-hydrogen) atoms. The van der Waals surface area contributed by atoms with Gasteiger partial charge in [-0.2, -0.15) is 9.61 Å². The van der Waals surface area contributed by atoms with E-state index in [4.69, 9.17) is 11.6 Å². The summed E-state index contributed by atoms with van der Waals surface area (Å²) < 4.78 is 16.4. The Kier molecular flexibility index (Phi) is 4.28. The molecule has 7 heteroatoms. The van der Waals surface area contributed by atoms with Gasteiger partial charge < -0.3 is 0 Å². The molecule has 0 aliphatic carbocycles. The van der Waals surface area contributed by atoms with Gasteiger partial charge in [-0.15, -0.1) is 5.10 Å². The van der Waals surface area contributed by atoms with Gasteiger partial charge in [-0.3, -0.25) is 0 Å². The predicted molar refractivity (Wildman–Crippen MR) is 103 cm³/mol. The summed E-state index contributed by atoms with van der Waals surface area (Å²) in [6, 6.07) is 13.9. The van der Waals surface area contributed by atoms with Gasteiger partial charge in [0.05, 0.1) is 12.2 Å².